The summed E-state index contributed by atoms with van der Waals surface area (Å²) in [6.07, 6.45) is 0. The highest BCUT2D eigenvalue weighted by Crippen LogP contribution is 2.34. The number of hydrogen-bond donors (Lipinski definition) is 2. The summed E-state index contributed by atoms with van der Waals surface area (Å²) in [4.78, 5) is 43.8. The van der Waals surface area contributed by atoms with Gasteiger partial charge < -0.3 is 19.4 Å². The highest BCUT2D eigenvalue weighted by molar-refractivity contribution is 9.10. The van der Waals surface area contributed by atoms with E-state index in [9.17, 15) is 14.4 Å². The third-order valence-corrected chi connectivity index (χ3v) is 5.77. The Bertz CT molecular complexity index is 1240. The fourth-order valence-electron chi connectivity index (χ4n) is 3.85. The molecule has 0 saturated carbocycles. The van der Waals surface area contributed by atoms with Gasteiger partial charge in [0.1, 0.15) is 21.6 Å². The first kappa shape index (κ1) is 18.6. The number of rotatable bonds is 4. The highest BCUT2D eigenvalue weighted by Gasteiger charge is 2.53. The summed E-state index contributed by atoms with van der Waals surface area (Å²) >= 11 is 3.30. The molecule has 2 N–H and O–H groups in total. The molecule has 10 heteroatoms. The first-order valence-electron chi connectivity index (χ1n) is 9.06. The molecule has 2 aliphatic heterocycles. The molecular formula is C20H15BrN4O5. The maximum Gasteiger partial charge on any atom is 0.322 e. The number of halogens is 1. The Balaban J connectivity index is 1.55. The average molecular weight is 471 g/mol. The van der Waals surface area contributed by atoms with Crippen molar-refractivity contribution >= 4 is 44.9 Å². The van der Waals surface area contributed by atoms with Gasteiger partial charge in [-0.15, -0.1) is 0 Å². The number of ether oxygens (including phenoxy) is 1. The van der Waals surface area contributed by atoms with Crippen molar-refractivity contribution in [1.29, 1.82) is 0 Å². The van der Waals surface area contributed by atoms with Crippen molar-refractivity contribution in [2.75, 3.05) is 13.7 Å². The van der Waals surface area contributed by atoms with E-state index in [4.69, 9.17) is 9.15 Å². The number of pyridine rings is 1. The molecule has 1 fully saturated rings. The lowest BCUT2D eigenvalue weighted by Gasteiger charge is -2.28. The van der Waals surface area contributed by atoms with Crippen molar-refractivity contribution < 1.29 is 23.5 Å². The fourth-order valence-corrected chi connectivity index (χ4v) is 4.17. The summed E-state index contributed by atoms with van der Waals surface area (Å²) in [5.41, 5.74) is 0.738. The van der Waals surface area contributed by atoms with Crippen molar-refractivity contribution in [3.8, 4) is 5.75 Å². The molecule has 4 amide bonds. The van der Waals surface area contributed by atoms with Gasteiger partial charge in [-0.3, -0.25) is 14.9 Å². The summed E-state index contributed by atoms with van der Waals surface area (Å²) in [5, 5.41) is 4.91. The lowest BCUT2D eigenvalue weighted by molar-refractivity contribution is -0.125. The van der Waals surface area contributed by atoms with Crippen LogP contribution in [0.5, 0.6) is 5.75 Å². The van der Waals surface area contributed by atoms with Crippen LogP contribution < -0.4 is 15.4 Å². The van der Waals surface area contributed by atoms with E-state index in [1.54, 1.807) is 30.3 Å². The number of furan rings is 1. The highest BCUT2D eigenvalue weighted by atomic mass is 79.9. The van der Waals surface area contributed by atoms with E-state index >= 15 is 0 Å². The molecule has 1 saturated heterocycles. The molecule has 0 spiro atoms. The lowest BCUT2D eigenvalue weighted by Crippen LogP contribution is -2.52. The first-order chi connectivity index (χ1) is 14.4. The second kappa shape index (κ2) is 6.56. The summed E-state index contributed by atoms with van der Waals surface area (Å²) in [6, 6.07) is 9.63. The second-order valence-electron chi connectivity index (χ2n) is 7.13. The molecule has 1 atom stereocenters. The minimum atomic E-state index is -1.56. The normalized spacial score (nSPS) is 20.5. The third kappa shape index (κ3) is 2.75. The molecule has 4 heterocycles. The Kier molecular flexibility index (Phi) is 4.07. The van der Waals surface area contributed by atoms with Crippen LogP contribution in [0.4, 0.5) is 4.79 Å². The monoisotopic (exact) mass is 470 g/mol. The van der Waals surface area contributed by atoms with E-state index < -0.39 is 17.5 Å². The summed E-state index contributed by atoms with van der Waals surface area (Å²) < 4.78 is 11.7. The van der Waals surface area contributed by atoms with Gasteiger partial charge in [-0.25, -0.2) is 9.78 Å². The maximum atomic E-state index is 13.0. The Morgan fingerprint density at radius 2 is 2.07 bits per heavy atom. The van der Waals surface area contributed by atoms with Crippen molar-refractivity contribution in [3.63, 3.8) is 0 Å². The Morgan fingerprint density at radius 1 is 1.23 bits per heavy atom. The smallest absolute Gasteiger partial charge is 0.322 e. The Labute approximate surface area is 178 Å². The van der Waals surface area contributed by atoms with E-state index in [0.29, 0.717) is 33.6 Å². The molecular weight excluding hydrogens is 456 g/mol. The molecule has 152 valence electrons. The van der Waals surface area contributed by atoms with Gasteiger partial charge in [0.25, 0.3) is 11.8 Å². The molecule has 2 aromatic heterocycles. The number of nitrogens with zero attached hydrogens (tertiary/aromatic N) is 2. The summed E-state index contributed by atoms with van der Waals surface area (Å²) in [6.45, 7) is 0.203. The number of benzene rings is 1. The lowest BCUT2D eigenvalue weighted by atomic mass is 9.95. The van der Waals surface area contributed by atoms with Crippen LogP contribution in [0.15, 0.2) is 45.4 Å². The van der Waals surface area contributed by atoms with Gasteiger partial charge in [-0.05, 0) is 45.8 Å². The number of methoxy groups -OCH3 is 1. The van der Waals surface area contributed by atoms with Gasteiger partial charge in [-0.2, -0.15) is 0 Å². The van der Waals surface area contributed by atoms with E-state index in [1.165, 1.54) is 12.0 Å². The second-order valence-corrected chi connectivity index (χ2v) is 7.94. The third-order valence-electron chi connectivity index (χ3n) is 5.33. The van der Waals surface area contributed by atoms with Crippen LogP contribution in [-0.2, 0) is 16.9 Å². The zero-order valence-corrected chi connectivity index (χ0v) is 17.3. The van der Waals surface area contributed by atoms with Gasteiger partial charge >= 0.3 is 6.03 Å². The Hall–Kier alpha value is -3.40. The molecule has 0 bridgehead atoms. The molecule has 3 aromatic rings. The number of urea groups is 1. The minimum Gasteiger partial charge on any atom is -0.497 e. The van der Waals surface area contributed by atoms with Gasteiger partial charge in [0.05, 0.1) is 13.7 Å². The zero-order valence-electron chi connectivity index (χ0n) is 15.7. The number of carbonyl (C=O) groups excluding carboxylic acids is 3. The summed E-state index contributed by atoms with van der Waals surface area (Å²) in [5.74, 6) is -0.0755. The number of aromatic nitrogens is 1. The molecule has 30 heavy (non-hydrogen) atoms. The van der Waals surface area contributed by atoms with E-state index in [2.05, 4.69) is 31.5 Å². The molecule has 0 aliphatic carbocycles. The number of hydrogen-bond acceptors (Lipinski definition) is 6. The van der Waals surface area contributed by atoms with Crippen LogP contribution >= 0.6 is 15.9 Å². The minimum absolute atomic E-state index is 0.0958. The van der Waals surface area contributed by atoms with E-state index in [0.717, 1.165) is 5.56 Å². The van der Waals surface area contributed by atoms with Crippen molar-refractivity contribution in [2.24, 2.45) is 0 Å². The molecule has 1 aromatic carbocycles. The molecule has 0 unspecified atom stereocenters. The maximum absolute atomic E-state index is 13.0. The summed E-state index contributed by atoms with van der Waals surface area (Å²) in [7, 11) is 1.53. The number of carbonyl (C=O) groups is 3. The molecule has 9 nitrogen and oxygen atoms in total. The first-order valence-corrected chi connectivity index (χ1v) is 9.85. The number of nitrogens with one attached hydrogen (secondary N) is 2. The zero-order chi connectivity index (χ0) is 21.0. The quantitative estimate of drug-likeness (QED) is 0.446. The topological polar surface area (TPSA) is 114 Å². The van der Waals surface area contributed by atoms with Crippen LogP contribution in [0.2, 0.25) is 0 Å². The standard InChI is InChI=1S/C20H15BrN4O5/c1-29-11-3-2-10-8-25(17(26)12(10)6-11)9-20(18(27)23-19(28)24-20)15-7-13-14(30-15)4-5-16(21)22-13/h2-7H,8-9H2,1H3,(H2,23,24,27,28)/t20-/m0/s1. The SMILES string of the molecule is COc1ccc2c(c1)C(=O)N(C[C@@]1(c3cc4nc(Br)ccc4o3)NC(=O)NC1=O)C2. The largest absolute Gasteiger partial charge is 0.497 e. The van der Waals surface area contributed by atoms with Crippen LogP contribution in [0.25, 0.3) is 11.1 Å². The van der Waals surface area contributed by atoms with Crippen LogP contribution in [0.3, 0.4) is 0 Å². The van der Waals surface area contributed by atoms with E-state index in [1.807, 2.05) is 6.07 Å². The molecule has 0 radical (unpaired) electrons. The predicted molar refractivity (Wildman–Crippen MR) is 108 cm³/mol. The van der Waals surface area contributed by atoms with E-state index in [-0.39, 0.29) is 18.2 Å². The van der Waals surface area contributed by atoms with Crippen molar-refractivity contribution in [2.45, 2.75) is 12.1 Å². The Morgan fingerprint density at radius 3 is 2.80 bits per heavy atom. The van der Waals surface area contributed by atoms with Gasteiger partial charge in [-0.1, -0.05) is 6.07 Å². The number of fused-ring (bicyclic) bond motifs is 2. The molecule has 2 aliphatic rings. The van der Waals surface area contributed by atoms with Crippen LogP contribution in [0.1, 0.15) is 21.7 Å². The van der Waals surface area contributed by atoms with Crippen LogP contribution in [-0.4, -0.2) is 41.4 Å². The van der Waals surface area contributed by atoms with Crippen LogP contribution in [0, 0.1) is 0 Å². The van der Waals surface area contributed by atoms with Gasteiger partial charge in [0.2, 0.25) is 0 Å². The average Bonchev–Trinajstić information content (AvgIpc) is 3.36. The van der Waals surface area contributed by atoms with Crippen molar-refractivity contribution in [1.82, 2.24) is 20.5 Å². The van der Waals surface area contributed by atoms with Gasteiger partial charge in [0.15, 0.2) is 11.1 Å². The van der Waals surface area contributed by atoms with Crippen molar-refractivity contribution in [3.05, 3.63) is 57.9 Å². The fraction of sp³-hybridized carbons (Fsp3) is 0.200. The molecule has 5 rings (SSSR count). The predicted octanol–water partition coefficient (Wildman–Crippen LogP) is 2.29. The number of amides is 4. The number of imide groups is 1. The van der Waals surface area contributed by atoms with Gasteiger partial charge in [0, 0.05) is 18.2 Å².